The van der Waals surface area contributed by atoms with Gasteiger partial charge in [0.2, 0.25) is 5.88 Å². The molecule has 1 rings (SSSR count). The van der Waals surface area contributed by atoms with Gasteiger partial charge in [0.1, 0.15) is 6.61 Å². The summed E-state index contributed by atoms with van der Waals surface area (Å²) in [6, 6.07) is 4.36. The molecule has 4 heteroatoms. The molecule has 1 heterocycles. The fourth-order valence-corrected chi connectivity index (χ4v) is 1.59. The Balaban J connectivity index is 2.54. The molecule has 0 aliphatic carbocycles. The molecule has 0 bridgehead atoms. The van der Waals surface area contributed by atoms with Crippen molar-refractivity contribution in [2.45, 2.75) is 45.7 Å². The molecule has 0 amide bonds. The van der Waals surface area contributed by atoms with E-state index in [1.807, 2.05) is 12.3 Å². The Morgan fingerprint density at radius 3 is 2.55 bits per heavy atom. The molecule has 0 saturated carbocycles. The van der Waals surface area contributed by atoms with Crippen LogP contribution in [0.4, 0.5) is 0 Å². The Hall–Kier alpha value is -1.13. The first kappa shape index (κ1) is 16.9. The van der Waals surface area contributed by atoms with Gasteiger partial charge in [0.05, 0.1) is 0 Å². The highest BCUT2D eigenvalue weighted by Crippen LogP contribution is 2.17. The summed E-state index contributed by atoms with van der Waals surface area (Å²) in [7, 11) is 4.11. The Kier molecular flexibility index (Phi) is 6.43. The van der Waals surface area contributed by atoms with Crippen molar-refractivity contribution in [3.05, 3.63) is 23.9 Å². The first-order chi connectivity index (χ1) is 9.36. The third-order valence-electron chi connectivity index (χ3n) is 3.74. The summed E-state index contributed by atoms with van der Waals surface area (Å²) in [6.07, 6.45) is 3.03. The summed E-state index contributed by atoms with van der Waals surface area (Å²) in [4.78, 5) is 6.54. The van der Waals surface area contributed by atoms with Gasteiger partial charge in [-0.3, -0.25) is 0 Å². The van der Waals surface area contributed by atoms with E-state index in [1.165, 1.54) is 5.56 Å². The van der Waals surface area contributed by atoms with E-state index in [1.54, 1.807) is 0 Å². The molecule has 0 radical (unpaired) electrons. The van der Waals surface area contributed by atoms with Gasteiger partial charge in [-0.2, -0.15) is 0 Å². The molecule has 20 heavy (non-hydrogen) atoms. The van der Waals surface area contributed by atoms with Crippen LogP contribution in [0.5, 0.6) is 5.88 Å². The molecule has 0 aliphatic heterocycles. The van der Waals surface area contributed by atoms with Crippen LogP contribution in [0.2, 0.25) is 0 Å². The number of ether oxygens (including phenoxy) is 1. The molecule has 0 aromatic carbocycles. The van der Waals surface area contributed by atoms with E-state index in [-0.39, 0.29) is 5.54 Å². The van der Waals surface area contributed by atoms with Crippen molar-refractivity contribution < 1.29 is 4.74 Å². The molecule has 0 spiro atoms. The Labute approximate surface area is 123 Å². The van der Waals surface area contributed by atoms with Gasteiger partial charge in [0, 0.05) is 23.8 Å². The van der Waals surface area contributed by atoms with Gasteiger partial charge in [-0.05, 0) is 53.4 Å². The van der Waals surface area contributed by atoms with Gasteiger partial charge >= 0.3 is 0 Å². The number of nitrogens with zero attached hydrogens (tertiary/aromatic N) is 2. The number of likely N-dealkylation sites (N-methyl/N-ethyl adjacent to an activating group) is 1. The van der Waals surface area contributed by atoms with Gasteiger partial charge in [-0.1, -0.05) is 13.0 Å². The summed E-state index contributed by atoms with van der Waals surface area (Å²) < 4.78 is 5.77. The van der Waals surface area contributed by atoms with Crippen molar-refractivity contribution in [1.82, 2.24) is 15.2 Å². The van der Waals surface area contributed by atoms with E-state index < -0.39 is 0 Å². The minimum Gasteiger partial charge on any atom is -0.476 e. The molecule has 1 unspecified atom stereocenters. The minimum atomic E-state index is -0.00365. The van der Waals surface area contributed by atoms with E-state index in [0.717, 1.165) is 13.0 Å². The molecule has 114 valence electrons. The SMILES string of the molecule is CCCNC(C)c1ccc(OCC(C)(C)N(C)C)nc1. The first-order valence-electron chi connectivity index (χ1n) is 7.36. The molecular formula is C16H29N3O. The summed E-state index contributed by atoms with van der Waals surface area (Å²) >= 11 is 0. The highest BCUT2D eigenvalue weighted by atomic mass is 16.5. The average Bonchev–Trinajstić information content (AvgIpc) is 2.43. The molecule has 0 aliphatic rings. The Morgan fingerprint density at radius 2 is 2.05 bits per heavy atom. The largest absolute Gasteiger partial charge is 0.476 e. The van der Waals surface area contributed by atoms with Crippen molar-refractivity contribution in [2.24, 2.45) is 0 Å². The maximum absolute atomic E-state index is 5.77. The van der Waals surface area contributed by atoms with Crippen LogP contribution in [-0.4, -0.2) is 42.7 Å². The zero-order chi connectivity index (χ0) is 15.2. The number of nitrogens with one attached hydrogen (secondary N) is 1. The quantitative estimate of drug-likeness (QED) is 0.794. The van der Waals surface area contributed by atoms with Gasteiger partial charge in [0.25, 0.3) is 0 Å². The maximum Gasteiger partial charge on any atom is 0.213 e. The molecule has 1 aromatic heterocycles. The monoisotopic (exact) mass is 279 g/mol. The summed E-state index contributed by atoms with van der Waals surface area (Å²) in [5.41, 5.74) is 1.19. The van der Waals surface area contributed by atoms with Crippen LogP contribution >= 0.6 is 0 Å². The highest BCUT2D eigenvalue weighted by Gasteiger charge is 2.21. The standard InChI is InChI=1S/C16H29N3O/c1-7-10-17-13(2)14-8-9-15(18-11-14)20-12-16(3,4)19(5)6/h8-9,11,13,17H,7,10,12H2,1-6H3. The summed E-state index contributed by atoms with van der Waals surface area (Å²) in [5, 5.41) is 3.45. The summed E-state index contributed by atoms with van der Waals surface area (Å²) in [5.74, 6) is 0.686. The lowest BCUT2D eigenvalue weighted by Gasteiger charge is -2.31. The van der Waals surface area contributed by atoms with E-state index >= 15 is 0 Å². The minimum absolute atomic E-state index is 0.00365. The molecule has 1 aromatic rings. The maximum atomic E-state index is 5.77. The second-order valence-electron chi connectivity index (χ2n) is 6.10. The number of hydrogen-bond donors (Lipinski definition) is 1. The third kappa shape index (κ3) is 5.10. The second kappa shape index (κ2) is 7.60. The third-order valence-corrected chi connectivity index (χ3v) is 3.74. The van der Waals surface area contributed by atoms with Crippen LogP contribution in [0.25, 0.3) is 0 Å². The topological polar surface area (TPSA) is 37.4 Å². The van der Waals surface area contributed by atoms with Crippen molar-refractivity contribution in [3.63, 3.8) is 0 Å². The van der Waals surface area contributed by atoms with Crippen LogP contribution in [0.15, 0.2) is 18.3 Å². The number of aromatic nitrogens is 1. The van der Waals surface area contributed by atoms with Gasteiger partial charge < -0.3 is 15.0 Å². The number of hydrogen-bond acceptors (Lipinski definition) is 4. The molecule has 4 nitrogen and oxygen atoms in total. The zero-order valence-corrected chi connectivity index (χ0v) is 13.7. The van der Waals surface area contributed by atoms with Crippen LogP contribution in [0.1, 0.15) is 45.7 Å². The van der Waals surface area contributed by atoms with E-state index in [0.29, 0.717) is 18.5 Å². The normalized spacial score (nSPS) is 13.6. The fourth-order valence-electron chi connectivity index (χ4n) is 1.59. The number of pyridine rings is 1. The van der Waals surface area contributed by atoms with Crippen LogP contribution in [-0.2, 0) is 0 Å². The lowest BCUT2D eigenvalue weighted by atomic mass is 10.1. The smallest absolute Gasteiger partial charge is 0.213 e. The van der Waals surface area contributed by atoms with Gasteiger partial charge in [-0.25, -0.2) is 4.98 Å². The molecule has 0 fully saturated rings. The Morgan fingerprint density at radius 1 is 1.35 bits per heavy atom. The van der Waals surface area contributed by atoms with E-state index in [2.05, 4.69) is 63.1 Å². The average molecular weight is 279 g/mol. The van der Waals surface area contributed by atoms with Gasteiger partial charge in [-0.15, -0.1) is 0 Å². The van der Waals surface area contributed by atoms with Crippen LogP contribution in [0, 0.1) is 0 Å². The molecule has 0 saturated heterocycles. The number of rotatable bonds is 8. The lowest BCUT2D eigenvalue weighted by Crippen LogP contribution is -2.43. The predicted octanol–water partition coefficient (Wildman–Crippen LogP) is 2.86. The Bertz CT molecular complexity index is 387. The van der Waals surface area contributed by atoms with Crippen LogP contribution < -0.4 is 10.1 Å². The zero-order valence-electron chi connectivity index (χ0n) is 13.7. The fraction of sp³-hybridized carbons (Fsp3) is 0.688. The van der Waals surface area contributed by atoms with Crippen molar-refractivity contribution >= 4 is 0 Å². The molecule has 1 atom stereocenters. The first-order valence-corrected chi connectivity index (χ1v) is 7.36. The molecule has 1 N–H and O–H groups in total. The summed E-state index contributed by atoms with van der Waals surface area (Å²) in [6.45, 7) is 10.3. The molecular weight excluding hydrogens is 250 g/mol. The van der Waals surface area contributed by atoms with E-state index in [4.69, 9.17) is 4.74 Å². The highest BCUT2D eigenvalue weighted by molar-refractivity contribution is 5.20. The predicted molar refractivity (Wildman–Crippen MR) is 84.2 cm³/mol. The van der Waals surface area contributed by atoms with Crippen LogP contribution in [0.3, 0.4) is 0 Å². The van der Waals surface area contributed by atoms with Crippen molar-refractivity contribution in [2.75, 3.05) is 27.2 Å². The van der Waals surface area contributed by atoms with Crippen molar-refractivity contribution in [3.8, 4) is 5.88 Å². The second-order valence-corrected chi connectivity index (χ2v) is 6.10. The van der Waals surface area contributed by atoms with Crippen molar-refractivity contribution in [1.29, 1.82) is 0 Å². The lowest BCUT2D eigenvalue weighted by molar-refractivity contribution is 0.111. The van der Waals surface area contributed by atoms with E-state index in [9.17, 15) is 0 Å². The van der Waals surface area contributed by atoms with Gasteiger partial charge in [0.15, 0.2) is 0 Å².